The van der Waals surface area contributed by atoms with E-state index in [1.165, 1.54) is 49.7 Å². The van der Waals surface area contributed by atoms with Crippen LogP contribution in [0.2, 0.25) is 0 Å². The lowest BCUT2D eigenvalue weighted by Gasteiger charge is -2.35. The molecule has 42 heavy (non-hydrogen) atoms. The fourth-order valence-corrected chi connectivity index (χ4v) is 7.41. The van der Waals surface area contributed by atoms with Crippen LogP contribution in [0.15, 0.2) is 121 Å². The lowest BCUT2D eigenvalue weighted by Crippen LogP contribution is -2.18. The molecule has 0 saturated carbocycles. The minimum Gasteiger partial charge on any atom is -0.453 e. The molecule has 3 aliphatic rings. The molecule has 0 atom stereocenters. The van der Waals surface area contributed by atoms with Crippen molar-refractivity contribution in [3.8, 4) is 33.8 Å². The summed E-state index contributed by atoms with van der Waals surface area (Å²) in [4.78, 5) is 2.41. The van der Waals surface area contributed by atoms with Crippen LogP contribution in [0.5, 0.6) is 11.5 Å². The maximum Gasteiger partial charge on any atom is 0.155 e. The van der Waals surface area contributed by atoms with Gasteiger partial charge in [0.2, 0.25) is 0 Å². The molecule has 0 radical (unpaired) electrons. The average Bonchev–Trinajstić information content (AvgIpc) is 3.26. The van der Waals surface area contributed by atoms with Crippen molar-refractivity contribution < 1.29 is 4.74 Å². The van der Waals surface area contributed by atoms with Crippen molar-refractivity contribution >= 4 is 33.9 Å². The van der Waals surface area contributed by atoms with Gasteiger partial charge in [-0.15, -0.1) is 0 Å². The lowest BCUT2D eigenvalue weighted by atomic mass is 9.82. The van der Waals surface area contributed by atoms with Gasteiger partial charge in [-0.1, -0.05) is 111 Å². The third kappa shape index (κ3) is 3.21. The van der Waals surface area contributed by atoms with Gasteiger partial charge in [0, 0.05) is 16.7 Å². The first-order valence-corrected chi connectivity index (χ1v) is 14.7. The van der Waals surface area contributed by atoms with E-state index in [2.05, 4.69) is 146 Å². The molecule has 0 unspecified atom stereocenters. The molecule has 2 nitrogen and oxygen atoms in total. The summed E-state index contributed by atoms with van der Waals surface area (Å²) in [6, 6.07) is 42.0. The van der Waals surface area contributed by atoms with E-state index < -0.39 is 0 Å². The van der Waals surface area contributed by atoms with Crippen LogP contribution in [-0.2, 0) is 11.8 Å². The van der Waals surface area contributed by atoms with Crippen LogP contribution in [0.25, 0.3) is 39.1 Å². The molecule has 2 aliphatic carbocycles. The number of hydrogen-bond acceptors (Lipinski definition) is 2. The highest BCUT2D eigenvalue weighted by Crippen LogP contribution is 2.57. The third-order valence-electron chi connectivity index (χ3n) is 9.44. The Labute approximate surface area is 246 Å². The van der Waals surface area contributed by atoms with Crippen LogP contribution in [0.4, 0.5) is 17.1 Å². The fraction of sp³-hybridized carbons (Fsp3) is 0.100. The van der Waals surface area contributed by atoms with Crippen LogP contribution in [0, 0.1) is 0 Å². The first-order chi connectivity index (χ1) is 20.6. The van der Waals surface area contributed by atoms with Gasteiger partial charge in [-0.05, 0) is 86.5 Å². The largest absolute Gasteiger partial charge is 0.453 e. The number of ether oxygens (including phenoxy) is 1. The number of nitrogens with zero attached hydrogens (tertiary/aromatic N) is 1. The van der Waals surface area contributed by atoms with E-state index in [1.807, 2.05) is 0 Å². The van der Waals surface area contributed by atoms with Gasteiger partial charge >= 0.3 is 0 Å². The van der Waals surface area contributed by atoms with E-state index in [9.17, 15) is 0 Å². The van der Waals surface area contributed by atoms with Gasteiger partial charge in [-0.25, -0.2) is 0 Å². The van der Waals surface area contributed by atoms with Crippen LogP contribution < -0.4 is 9.64 Å². The van der Waals surface area contributed by atoms with Crippen LogP contribution in [0.3, 0.4) is 0 Å². The molecule has 0 aromatic heterocycles. The molecule has 2 heteroatoms. The Hall–Kier alpha value is -5.08. The second kappa shape index (κ2) is 8.47. The highest BCUT2D eigenvalue weighted by atomic mass is 16.5. The first kappa shape index (κ1) is 23.6. The smallest absolute Gasteiger partial charge is 0.155 e. The van der Waals surface area contributed by atoms with Crippen molar-refractivity contribution in [1.82, 2.24) is 0 Å². The molecule has 6 aromatic rings. The molecule has 0 saturated heterocycles. The highest BCUT2D eigenvalue weighted by Gasteiger charge is 2.37. The van der Waals surface area contributed by atoms with Crippen LogP contribution in [0.1, 0.15) is 36.1 Å². The first-order valence-electron chi connectivity index (χ1n) is 14.7. The summed E-state index contributed by atoms with van der Waals surface area (Å²) in [5.41, 5.74) is 13.5. The number of anilines is 3. The van der Waals surface area contributed by atoms with Crippen molar-refractivity contribution in [3.05, 3.63) is 144 Å². The minimum atomic E-state index is -0.0288. The van der Waals surface area contributed by atoms with Gasteiger partial charge in [0.1, 0.15) is 0 Å². The van der Waals surface area contributed by atoms with Crippen LogP contribution in [-0.4, -0.2) is 0 Å². The summed E-state index contributed by atoms with van der Waals surface area (Å²) in [5, 5.41) is 2.54. The van der Waals surface area contributed by atoms with E-state index in [1.54, 1.807) is 0 Å². The Balaban J connectivity index is 1.31. The molecular weight excluding hydrogens is 510 g/mol. The number of hydrogen-bond donors (Lipinski definition) is 0. The quantitative estimate of drug-likeness (QED) is 0.217. The topological polar surface area (TPSA) is 12.5 Å². The summed E-state index contributed by atoms with van der Waals surface area (Å²) in [6.45, 7) is 4.67. The monoisotopic (exact) mass is 539 g/mol. The second-order valence-electron chi connectivity index (χ2n) is 12.1. The van der Waals surface area contributed by atoms with E-state index in [-0.39, 0.29) is 5.41 Å². The summed E-state index contributed by atoms with van der Waals surface area (Å²) in [7, 11) is 0. The maximum atomic E-state index is 6.92. The van der Waals surface area contributed by atoms with E-state index in [0.29, 0.717) is 0 Å². The molecule has 0 bridgehead atoms. The molecule has 0 amide bonds. The molecule has 9 rings (SSSR count). The Morgan fingerprint density at radius 3 is 2.40 bits per heavy atom. The Morgan fingerprint density at radius 2 is 1.50 bits per heavy atom. The van der Waals surface area contributed by atoms with E-state index in [4.69, 9.17) is 4.74 Å². The van der Waals surface area contributed by atoms with Crippen molar-refractivity contribution in [1.29, 1.82) is 0 Å². The van der Waals surface area contributed by atoms with Crippen molar-refractivity contribution in [2.24, 2.45) is 0 Å². The maximum absolute atomic E-state index is 6.92. The number of allylic oxidation sites excluding steroid dienone is 1. The molecular formula is C40H29NO. The molecule has 200 valence electrons. The van der Waals surface area contributed by atoms with Gasteiger partial charge in [-0.2, -0.15) is 0 Å². The van der Waals surface area contributed by atoms with Crippen LogP contribution >= 0.6 is 0 Å². The van der Waals surface area contributed by atoms with Crippen molar-refractivity contribution in [2.45, 2.75) is 25.7 Å². The van der Waals surface area contributed by atoms with Crippen molar-refractivity contribution in [2.75, 3.05) is 4.90 Å². The lowest BCUT2D eigenvalue weighted by molar-refractivity contribution is 0.473. The Kier molecular flexibility index (Phi) is 4.76. The summed E-state index contributed by atoms with van der Waals surface area (Å²) < 4.78 is 6.92. The predicted octanol–water partition coefficient (Wildman–Crippen LogP) is 11.0. The molecule has 0 spiro atoms. The molecule has 1 aliphatic heterocycles. The summed E-state index contributed by atoms with van der Waals surface area (Å²) in [6.07, 6.45) is 5.35. The number of benzene rings is 6. The molecule has 6 aromatic carbocycles. The van der Waals surface area contributed by atoms with Gasteiger partial charge < -0.3 is 9.64 Å². The average molecular weight is 540 g/mol. The minimum absolute atomic E-state index is 0.0288. The van der Waals surface area contributed by atoms with Crippen molar-refractivity contribution in [3.63, 3.8) is 0 Å². The normalized spacial score (nSPS) is 15.0. The zero-order valence-corrected chi connectivity index (χ0v) is 23.7. The molecule has 0 N–H and O–H groups in total. The zero-order chi connectivity index (χ0) is 28.0. The predicted molar refractivity (Wildman–Crippen MR) is 174 cm³/mol. The highest BCUT2D eigenvalue weighted by molar-refractivity contribution is 6.03. The molecule has 0 fully saturated rings. The SMILES string of the molecule is CC1(C)c2ccccc2-c2cc(N3c4ccc(-c5ccccc5)cc4Oc4c3cc3cccc5c3c4CC=C5)ccc21. The Bertz CT molecular complexity index is 2120. The molecule has 1 heterocycles. The Morgan fingerprint density at radius 1 is 0.667 bits per heavy atom. The number of rotatable bonds is 2. The fourth-order valence-electron chi connectivity index (χ4n) is 7.41. The third-order valence-corrected chi connectivity index (χ3v) is 9.44. The van der Waals surface area contributed by atoms with E-state index >= 15 is 0 Å². The number of fused-ring (bicyclic) bond motifs is 6. The summed E-state index contributed by atoms with van der Waals surface area (Å²) >= 11 is 0. The zero-order valence-electron chi connectivity index (χ0n) is 23.7. The van der Waals surface area contributed by atoms with E-state index in [0.717, 1.165) is 40.5 Å². The summed E-state index contributed by atoms with van der Waals surface area (Å²) in [5.74, 6) is 1.84. The van der Waals surface area contributed by atoms with Gasteiger partial charge in [0.15, 0.2) is 11.5 Å². The van der Waals surface area contributed by atoms with Gasteiger partial charge in [-0.3, -0.25) is 0 Å². The van der Waals surface area contributed by atoms with Gasteiger partial charge in [0.05, 0.1) is 11.4 Å². The standard InChI is InChI=1S/C40H29NO/c1-40(2)33-17-7-6-15-30(33)32-24-29(19-20-34(32)40)41-35-21-18-27(25-10-4-3-5-11-25)23-37(35)42-39-31-16-9-13-26-12-8-14-28(38(26)31)22-36(39)41/h3-15,17-24H,16H2,1-2H3. The van der Waals surface area contributed by atoms with Gasteiger partial charge in [0.25, 0.3) is 0 Å². The second-order valence-corrected chi connectivity index (χ2v) is 12.1.